The number of H-pyrrole nitrogens is 1. The first-order chi connectivity index (χ1) is 10.2. The zero-order chi connectivity index (χ0) is 14.7. The summed E-state index contributed by atoms with van der Waals surface area (Å²) in [6.07, 6.45) is 3.46. The molecule has 0 amide bonds. The lowest BCUT2D eigenvalue weighted by molar-refractivity contribution is 0.626. The van der Waals surface area contributed by atoms with Crippen LogP contribution in [0.5, 0.6) is 0 Å². The van der Waals surface area contributed by atoms with Crippen molar-refractivity contribution in [3.05, 3.63) is 72.4 Å². The predicted octanol–water partition coefficient (Wildman–Crippen LogP) is 4.39. The Balaban J connectivity index is 1.71. The van der Waals surface area contributed by atoms with Gasteiger partial charge >= 0.3 is 0 Å². The second-order valence-electron chi connectivity index (χ2n) is 4.96. The van der Waals surface area contributed by atoms with E-state index >= 15 is 0 Å². The molecule has 0 aliphatic carbocycles. The highest BCUT2D eigenvalue weighted by Crippen LogP contribution is 2.22. The Bertz CT molecular complexity index is 688. The van der Waals surface area contributed by atoms with Crippen molar-refractivity contribution in [3.63, 3.8) is 0 Å². The van der Waals surface area contributed by atoms with Crippen molar-refractivity contribution in [3.8, 4) is 11.3 Å². The van der Waals surface area contributed by atoms with Crippen LogP contribution < -0.4 is 5.32 Å². The maximum Gasteiger partial charge on any atom is 0.123 e. The Labute approximate surface area is 122 Å². The number of nitrogens with one attached hydrogen (secondary N) is 2. The molecule has 21 heavy (non-hydrogen) atoms. The van der Waals surface area contributed by atoms with Gasteiger partial charge in [0.1, 0.15) is 5.82 Å². The van der Waals surface area contributed by atoms with E-state index < -0.39 is 0 Å². The second-order valence-corrected chi connectivity index (χ2v) is 4.96. The van der Waals surface area contributed by atoms with Crippen molar-refractivity contribution in [2.75, 3.05) is 5.32 Å². The molecule has 0 bridgehead atoms. The molecule has 0 aliphatic rings. The Hall–Kier alpha value is -2.62. The van der Waals surface area contributed by atoms with Crippen LogP contribution in [0.25, 0.3) is 11.3 Å². The Morgan fingerprint density at radius 2 is 1.76 bits per heavy atom. The van der Waals surface area contributed by atoms with Crippen molar-refractivity contribution in [2.45, 2.75) is 13.0 Å². The molecule has 0 saturated heterocycles. The topological polar surface area (TPSA) is 40.7 Å². The smallest absolute Gasteiger partial charge is 0.123 e. The molecule has 0 fully saturated rings. The SMILES string of the molecule is CC(Nc1ccc(-c2cnc[nH]2)cc1)c1ccc(F)cc1. The summed E-state index contributed by atoms with van der Waals surface area (Å²) in [5, 5.41) is 3.40. The molecular weight excluding hydrogens is 265 g/mol. The molecule has 106 valence electrons. The maximum absolute atomic E-state index is 12.9. The second kappa shape index (κ2) is 5.79. The predicted molar refractivity (Wildman–Crippen MR) is 82.5 cm³/mol. The average Bonchev–Trinajstić information content (AvgIpc) is 3.03. The fraction of sp³-hybridized carbons (Fsp3) is 0.118. The number of rotatable bonds is 4. The normalized spacial score (nSPS) is 12.1. The van der Waals surface area contributed by atoms with Crippen molar-refractivity contribution in [1.29, 1.82) is 0 Å². The molecule has 4 heteroatoms. The van der Waals surface area contributed by atoms with Crippen LogP contribution in [0.15, 0.2) is 61.1 Å². The van der Waals surface area contributed by atoms with E-state index in [1.807, 2.05) is 24.3 Å². The lowest BCUT2D eigenvalue weighted by Gasteiger charge is -2.16. The van der Waals surface area contributed by atoms with E-state index in [1.54, 1.807) is 24.7 Å². The molecule has 0 aliphatic heterocycles. The largest absolute Gasteiger partial charge is 0.379 e. The number of aromatic amines is 1. The zero-order valence-corrected chi connectivity index (χ0v) is 11.7. The summed E-state index contributed by atoms with van der Waals surface area (Å²) in [4.78, 5) is 7.09. The maximum atomic E-state index is 12.9. The van der Waals surface area contributed by atoms with Gasteiger partial charge in [-0.15, -0.1) is 0 Å². The number of hydrogen-bond acceptors (Lipinski definition) is 2. The van der Waals surface area contributed by atoms with Gasteiger partial charge in [-0.25, -0.2) is 9.37 Å². The molecule has 0 radical (unpaired) electrons. The molecule has 3 rings (SSSR count). The summed E-state index contributed by atoms with van der Waals surface area (Å²) in [7, 11) is 0. The van der Waals surface area contributed by atoms with Gasteiger partial charge in [-0.3, -0.25) is 0 Å². The van der Waals surface area contributed by atoms with Gasteiger partial charge in [-0.2, -0.15) is 0 Å². The monoisotopic (exact) mass is 281 g/mol. The summed E-state index contributed by atoms with van der Waals surface area (Å²) in [6, 6.07) is 14.8. The minimum atomic E-state index is -0.213. The third-order valence-corrected chi connectivity index (χ3v) is 3.45. The van der Waals surface area contributed by atoms with E-state index in [9.17, 15) is 4.39 Å². The highest BCUT2D eigenvalue weighted by atomic mass is 19.1. The first kappa shape index (κ1) is 13.4. The van der Waals surface area contributed by atoms with E-state index in [1.165, 1.54) is 12.1 Å². The van der Waals surface area contributed by atoms with E-state index in [2.05, 4.69) is 22.2 Å². The molecule has 3 aromatic rings. The number of benzene rings is 2. The Morgan fingerprint density at radius 1 is 1.05 bits per heavy atom. The first-order valence-corrected chi connectivity index (χ1v) is 6.83. The van der Waals surface area contributed by atoms with E-state index in [0.29, 0.717) is 0 Å². The van der Waals surface area contributed by atoms with Gasteiger partial charge in [0.25, 0.3) is 0 Å². The van der Waals surface area contributed by atoms with Gasteiger partial charge in [0.2, 0.25) is 0 Å². The highest BCUT2D eigenvalue weighted by molar-refractivity contribution is 5.62. The van der Waals surface area contributed by atoms with Gasteiger partial charge in [0, 0.05) is 11.7 Å². The van der Waals surface area contributed by atoms with Gasteiger partial charge in [-0.1, -0.05) is 24.3 Å². The number of nitrogens with zero attached hydrogens (tertiary/aromatic N) is 1. The van der Waals surface area contributed by atoms with Crippen LogP contribution in [-0.4, -0.2) is 9.97 Å². The van der Waals surface area contributed by atoms with Gasteiger partial charge in [-0.05, 0) is 42.3 Å². The van der Waals surface area contributed by atoms with Gasteiger partial charge in [0.15, 0.2) is 0 Å². The summed E-state index contributed by atoms with van der Waals surface area (Å²) in [5.74, 6) is -0.213. The molecular formula is C17H16FN3. The van der Waals surface area contributed by atoms with Crippen LogP contribution in [0, 0.1) is 5.82 Å². The Morgan fingerprint density at radius 3 is 2.38 bits per heavy atom. The van der Waals surface area contributed by atoms with E-state index in [4.69, 9.17) is 0 Å². The lowest BCUT2D eigenvalue weighted by atomic mass is 10.1. The number of imidazole rings is 1. The summed E-state index contributed by atoms with van der Waals surface area (Å²) < 4.78 is 12.9. The molecule has 1 aromatic heterocycles. The average molecular weight is 281 g/mol. The van der Waals surface area contributed by atoms with Crippen LogP contribution >= 0.6 is 0 Å². The van der Waals surface area contributed by atoms with Crippen molar-refractivity contribution in [1.82, 2.24) is 9.97 Å². The molecule has 0 spiro atoms. The fourth-order valence-corrected chi connectivity index (χ4v) is 2.24. The van der Waals surface area contributed by atoms with Gasteiger partial charge in [0.05, 0.1) is 18.2 Å². The number of hydrogen-bond donors (Lipinski definition) is 2. The first-order valence-electron chi connectivity index (χ1n) is 6.83. The fourth-order valence-electron chi connectivity index (χ4n) is 2.24. The van der Waals surface area contributed by atoms with Crippen molar-refractivity contribution < 1.29 is 4.39 Å². The zero-order valence-electron chi connectivity index (χ0n) is 11.7. The summed E-state index contributed by atoms with van der Waals surface area (Å²) in [5.41, 5.74) is 4.16. The van der Waals surface area contributed by atoms with Crippen LogP contribution in [0.4, 0.5) is 10.1 Å². The standard InChI is InChI=1S/C17H16FN3/c1-12(13-2-6-15(18)7-3-13)21-16-8-4-14(5-9-16)17-10-19-11-20-17/h2-12,21H,1H3,(H,19,20). The van der Waals surface area contributed by atoms with Crippen LogP contribution in [0.2, 0.25) is 0 Å². The lowest BCUT2D eigenvalue weighted by Crippen LogP contribution is -2.06. The Kier molecular flexibility index (Phi) is 3.69. The minimum absolute atomic E-state index is 0.114. The summed E-state index contributed by atoms with van der Waals surface area (Å²) >= 11 is 0. The third kappa shape index (κ3) is 3.11. The van der Waals surface area contributed by atoms with Crippen molar-refractivity contribution in [2.24, 2.45) is 0 Å². The van der Waals surface area contributed by atoms with E-state index in [0.717, 1.165) is 22.5 Å². The van der Waals surface area contributed by atoms with Crippen LogP contribution in [0.3, 0.4) is 0 Å². The molecule has 3 nitrogen and oxygen atoms in total. The number of aromatic nitrogens is 2. The molecule has 1 heterocycles. The molecule has 0 saturated carbocycles. The molecule has 2 aromatic carbocycles. The quantitative estimate of drug-likeness (QED) is 0.744. The van der Waals surface area contributed by atoms with Crippen LogP contribution in [-0.2, 0) is 0 Å². The van der Waals surface area contributed by atoms with Gasteiger partial charge < -0.3 is 10.3 Å². The van der Waals surface area contributed by atoms with E-state index in [-0.39, 0.29) is 11.9 Å². The minimum Gasteiger partial charge on any atom is -0.379 e. The van der Waals surface area contributed by atoms with Crippen molar-refractivity contribution >= 4 is 5.69 Å². The van der Waals surface area contributed by atoms with Crippen LogP contribution in [0.1, 0.15) is 18.5 Å². The molecule has 1 atom stereocenters. The number of halogens is 1. The highest BCUT2D eigenvalue weighted by Gasteiger charge is 2.06. The molecule has 2 N–H and O–H groups in total. The number of anilines is 1. The molecule has 1 unspecified atom stereocenters. The third-order valence-electron chi connectivity index (χ3n) is 3.45. The summed E-state index contributed by atoms with van der Waals surface area (Å²) in [6.45, 7) is 2.05.